The molecule has 3 nitrogen and oxygen atoms in total. The zero-order valence-electron chi connectivity index (χ0n) is 6.20. The molecule has 12 heavy (non-hydrogen) atoms. The van der Waals surface area contributed by atoms with Crippen LogP contribution in [-0.4, -0.2) is 16.1 Å². The Kier molecular flexibility index (Phi) is 1.62. The SMILES string of the molecule is O=C(O)Cc1cc2cc[nH]c2s1. The molecular formula is C8H7NO2S. The van der Waals surface area contributed by atoms with Crippen LogP contribution in [0.4, 0.5) is 0 Å². The van der Waals surface area contributed by atoms with E-state index < -0.39 is 5.97 Å². The number of aromatic amines is 1. The van der Waals surface area contributed by atoms with E-state index >= 15 is 0 Å². The molecule has 0 bridgehead atoms. The molecular weight excluding hydrogens is 174 g/mol. The molecule has 2 heterocycles. The summed E-state index contributed by atoms with van der Waals surface area (Å²) in [6.07, 6.45) is 1.97. The van der Waals surface area contributed by atoms with Crippen molar-refractivity contribution < 1.29 is 9.90 Å². The van der Waals surface area contributed by atoms with Crippen molar-refractivity contribution in [3.63, 3.8) is 0 Å². The summed E-state index contributed by atoms with van der Waals surface area (Å²) in [5.41, 5.74) is 0. The van der Waals surface area contributed by atoms with Gasteiger partial charge in [-0.25, -0.2) is 0 Å². The standard InChI is InChI=1S/C8H7NO2S/c10-7(11)4-6-3-5-1-2-9-8(5)12-6/h1-3,9H,4H2,(H,10,11). The number of thiophene rings is 1. The molecule has 2 aromatic heterocycles. The van der Waals surface area contributed by atoms with E-state index in [2.05, 4.69) is 4.98 Å². The minimum atomic E-state index is -0.779. The van der Waals surface area contributed by atoms with Crippen LogP contribution >= 0.6 is 11.3 Å². The fourth-order valence-electron chi connectivity index (χ4n) is 1.14. The molecule has 0 saturated heterocycles. The van der Waals surface area contributed by atoms with Crippen molar-refractivity contribution in [2.75, 3.05) is 0 Å². The number of carboxylic acids is 1. The van der Waals surface area contributed by atoms with Crippen molar-refractivity contribution in [1.29, 1.82) is 0 Å². The smallest absolute Gasteiger partial charge is 0.308 e. The molecule has 2 N–H and O–H groups in total. The molecule has 2 rings (SSSR count). The van der Waals surface area contributed by atoms with Gasteiger partial charge in [0.15, 0.2) is 0 Å². The third-order valence-corrected chi connectivity index (χ3v) is 2.70. The number of rotatable bonds is 2. The summed E-state index contributed by atoms with van der Waals surface area (Å²) < 4.78 is 0. The Morgan fingerprint density at radius 2 is 2.50 bits per heavy atom. The lowest BCUT2D eigenvalue weighted by Gasteiger charge is -1.86. The minimum absolute atomic E-state index is 0.118. The van der Waals surface area contributed by atoms with E-state index in [1.165, 1.54) is 11.3 Å². The topological polar surface area (TPSA) is 53.1 Å². The molecule has 0 unspecified atom stereocenters. The number of H-pyrrole nitrogens is 1. The summed E-state index contributed by atoms with van der Waals surface area (Å²) >= 11 is 1.50. The van der Waals surface area contributed by atoms with Gasteiger partial charge in [-0.2, -0.15) is 0 Å². The zero-order valence-corrected chi connectivity index (χ0v) is 7.02. The second-order valence-electron chi connectivity index (χ2n) is 2.55. The maximum Gasteiger partial charge on any atom is 0.308 e. The van der Waals surface area contributed by atoms with E-state index in [9.17, 15) is 4.79 Å². The molecule has 0 amide bonds. The summed E-state index contributed by atoms with van der Waals surface area (Å²) in [5.74, 6) is -0.779. The van der Waals surface area contributed by atoms with E-state index in [4.69, 9.17) is 5.11 Å². The van der Waals surface area contributed by atoms with E-state index in [1.54, 1.807) is 0 Å². The van der Waals surface area contributed by atoms with Gasteiger partial charge in [0.25, 0.3) is 0 Å². The highest BCUT2D eigenvalue weighted by molar-refractivity contribution is 7.18. The van der Waals surface area contributed by atoms with Gasteiger partial charge in [0, 0.05) is 16.5 Å². The summed E-state index contributed by atoms with van der Waals surface area (Å²) in [5, 5.41) is 9.62. The first kappa shape index (κ1) is 7.36. The Morgan fingerprint density at radius 1 is 1.67 bits per heavy atom. The Labute approximate surface area is 72.6 Å². The van der Waals surface area contributed by atoms with Crippen LogP contribution in [0.1, 0.15) is 4.88 Å². The average molecular weight is 181 g/mol. The van der Waals surface area contributed by atoms with Crippen LogP contribution in [0.25, 0.3) is 10.2 Å². The predicted octanol–water partition coefficient (Wildman–Crippen LogP) is 1.86. The molecule has 0 spiro atoms. The fourth-order valence-corrected chi connectivity index (χ4v) is 2.15. The van der Waals surface area contributed by atoms with Gasteiger partial charge >= 0.3 is 5.97 Å². The zero-order chi connectivity index (χ0) is 8.55. The molecule has 0 radical (unpaired) electrons. The van der Waals surface area contributed by atoms with Crippen LogP contribution in [-0.2, 0) is 11.2 Å². The molecule has 4 heteroatoms. The van der Waals surface area contributed by atoms with Gasteiger partial charge in [-0.05, 0) is 12.1 Å². The summed E-state index contributed by atoms with van der Waals surface area (Å²) in [6, 6.07) is 3.85. The van der Waals surface area contributed by atoms with Crippen LogP contribution in [0.15, 0.2) is 18.3 Å². The van der Waals surface area contributed by atoms with Crippen LogP contribution in [0, 0.1) is 0 Å². The van der Waals surface area contributed by atoms with Crippen LogP contribution in [0.5, 0.6) is 0 Å². The molecule has 0 fully saturated rings. The minimum Gasteiger partial charge on any atom is -0.481 e. The Balaban J connectivity index is 2.38. The van der Waals surface area contributed by atoms with Gasteiger partial charge in [0.1, 0.15) is 0 Å². The van der Waals surface area contributed by atoms with Gasteiger partial charge in [-0.3, -0.25) is 4.79 Å². The molecule has 0 atom stereocenters. The van der Waals surface area contributed by atoms with Gasteiger partial charge in [0.05, 0.1) is 11.3 Å². The third-order valence-electron chi connectivity index (χ3n) is 1.61. The molecule has 2 aromatic rings. The first-order chi connectivity index (χ1) is 5.75. The van der Waals surface area contributed by atoms with Gasteiger partial charge < -0.3 is 10.1 Å². The number of hydrogen-bond acceptors (Lipinski definition) is 2. The Hall–Kier alpha value is -1.29. The molecule has 0 aromatic carbocycles. The molecule has 0 aliphatic rings. The highest BCUT2D eigenvalue weighted by Crippen LogP contribution is 2.24. The van der Waals surface area contributed by atoms with Gasteiger partial charge in [-0.15, -0.1) is 11.3 Å². The maximum atomic E-state index is 10.4. The third kappa shape index (κ3) is 1.21. The van der Waals surface area contributed by atoms with Crippen molar-refractivity contribution in [2.24, 2.45) is 0 Å². The van der Waals surface area contributed by atoms with Gasteiger partial charge in [0.2, 0.25) is 0 Å². The number of fused-ring (bicyclic) bond motifs is 1. The Morgan fingerprint density at radius 3 is 3.17 bits per heavy atom. The van der Waals surface area contributed by atoms with Crippen LogP contribution in [0.3, 0.4) is 0 Å². The predicted molar refractivity (Wildman–Crippen MR) is 47.5 cm³/mol. The fraction of sp³-hybridized carbons (Fsp3) is 0.125. The van der Waals surface area contributed by atoms with Crippen molar-refractivity contribution >= 4 is 27.5 Å². The van der Waals surface area contributed by atoms with Gasteiger partial charge in [-0.1, -0.05) is 0 Å². The van der Waals surface area contributed by atoms with Crippen molar-refractivity contribution in [1.82, 2.24) is 4.98 Å². The van der Waals surface area contributed by atoms with Crippen molar-refractivity contribution in [3.8, 4) is 0 Å². The van der Waals surface area contributed by atoms with Crippen molar-refractivity contribution in [3.05, 3.63) is 23.2 Å². The Bertz CT molecular complexity index is 387. The van der Waals surface area contributed by atoms with Crippen LogP contribution in [0.2, 0.25) is 0 Å². The second kappa shape index (κ2) is 2.64. The highest BCUT2D eigenvalue weighted by atomic mass is 32.1. The lowest BCUT2D eigenvalue weighted by atomic mass is 10.3. The van der Waals surface area contributed by atoms with E-state index in [1.807, 2.05) is 18.3 Å². The van der Waals surface area contributed by atoms with E-state index in [-0.39, 0.29) is 6.42 Å². The summed E-state index contributed by atoms with van der Waals surface area (Å²) in [6.45, 7) is 0. The maximum absolute atomic E-state index is 10.4. The van der Waals surface area contributed by atoms with Crippen LogP contribution < -0.4 is 0 Å². The molecule has 62 valence electrons. The number of aromatic nitrogens is 1. The summed E-state index contributed by atoms with van der Waals surface area (Å²) in [4.78, 5) is 15.3. The molecule has 0 saturated carbocycles. The number of nitrogens with one attached hydrogen (secondary N) is 1. The van der Waals surface area contributed by atoms with E-state index in [0.29, 0.717) is 0 Å². The summed E-state index contributed by atoms with van der Waals surface area (Å²) in [7, 11) is 0. The number of carboxylic acid groups (broad SMARTS) is 1. The van der Waals surface area contributed by atoms with E-state index in [0.717, 1.165) is 15.1 Å². The number of hydrogen-bond donors (Lipinski definition) is 2. The number of carbonyl (C=O) groups is 1. The molecule has 0 aliphatic heterocycles. The lowest BCUT2D eigenvalue weighted by molar-refractivity contribution is -0.136. The number of aliphatic carboxylic acids is 1. The normalized spacial score (nSPS) is 10.7. The first-order valence-electron chi connectivity index (χ1n) is 3.53. The average Bonchev–Trinajstić information content (AvgIpc) is 2.43. The highest BCUT2D eigenvalue weighted by Gasteiger charge is 2.05. The first-order valence-corrected chi connectivity index (χ1v) is 4.35. The second-order valence-corrected chi connectivity index (χ2v) is 3.68. The van der Waals surface area contributed by atoms with Crippen molar-refractivity contribution in [2.45, 2.75) is 6.42 Å². The quantitative estimate of drug-likeness (QED) is 0.742. The lowest BCUT2D eigenvalue weighted by Crippen LogP contribution is -1.96. The monoisotopic (exact) mass is 181 g/mol. The molecule has 0 aliphatic carbocycles. The largest absolute Gasteiger partial charge is 0.481 e.